The number of hydrogen-bond donors (Lipinski definition) is 0. The van der Waals surface area contributed by atoms with Crippen molar-refractivity contribution in [3.05, 3.63) is 35.9 Å². The quantitative estimate of drug-likeness (QED) is 0.175. The van der Waals surface area contributed by atoms with Gasteiger partial charge >= 0.3 is 5.97 Å². The first-order valence-corrected chi connectivity index (χ1v) is 16.1. The highest BCUT2D eigenvalue weighted by Gasteiger charge is 2.42. The zero-order chi connectivity index (χ0) is 23.5. The summed E-state index contributed by atoms with van der Waals surface area (Å²) in [4.78, 5) is 24.2. The SMILES string of the molecule is CC[Si](CC)(CC)O[C@@H](COCc1ccccc1)CC1(CC(=O)CC(=O)OC)SCCS1. The maximum absolute atomic E-state index is 12.6. The summed E-state index contributed by atoms with van der Waals surface area (Å²) in [6.45, 7) is 7.76. The number of Topliss-reactive ketones (excluding diaryl/α,β-unsaturated/α-hetero) is 1. The van der Waals surface area contributed by atoms with Gasteiger partial charge in [-0.2, -0.15) is 0 Å². The van der Waals surface area contributed by atoms with Gasteiger partial charge in [0, 0.05) is 17.9 Å². The van der Waals surface area contributed by atoms with Crippen molar-refractivity contribution >= 4 is 43.6 Å². The van der Waals surface area contributed by atoms with E-state index in [2.05, 4.69) is 32.9 Å². The Hall–Kier alpha value is -0.803. The fourth-order valence-electron chi connectivity index (χ4n) is 4.10. The molecule has 1 atom stereocenters. The van der Waals surface area contributed by atoms with Crippen molar-refractivity contribution in [2.75, 3.05) is 25.2 Å². The molecule has 1 fully saturated rings. The minimum atomic E-state index is -1.84. The average Bonchev–Trinajstić information content (AvgIpc) is 3.25. The largest absolute Gasteiger partial charge is 0.469 e. The Kier molecular flexibility index (Phi) is 11.8. The smallest absolute Gasteiger partial charge is 0.313 e. The van der Waals surface area contributed by atoms with Crippen LogP contribution in [-0.2, 0) is 30.1 Å². The van der Waals surface area contributed by atoms with E-state index in [-0.39, 0.29) is 22.4 Å². The Balaban J connectivity index is 2.12. The second-order valence-electron chi connectivity index (χ2n) is 8.26. The number of benzene rings is 1. The van der Waals surface area contributed by atoms with E-state index in [0.717, 1.165) is 41.6 Å². The molecule has 0 amide bonds. The molecule has 180 valence electrons. The summed E-state index contributed by atoms with van der Waals surface area (Å²) in [5.41, 5.74) is 1.14. The number of ether oxygens (including phenoxy) is 2. The average molecular weight is 499 g/mol. The molecule has 2 rings (SSSR count). The predicted molar refractivity (Wildman–Crippen MR) is 137 cm³/mol. The van der Waals surface area contributed by atoms with Gasteiger partial charge in [0.1, 0.15) is 12.2 Å². The Morgan fingerprint density at radius 1 is 1.06 bits per heavy atom. The van der Waals surface area contributed by atoms with Crippen molar-refractivity contribution in [3.8, 4) is 0 Å². The highest BCUT2D eigenvalue weighted by Crippen LogP contribution is 2.50. The molecule has 0 radical (unpaired) electrons. The van der Waals surface area contributed by atoms with Crippen LogP contribution in [0.25, 0.3) is 0 Å². The minimum absolute atomic E-state index is 0.0609. The van der Waals surface area contributed by atoms with E-state index in [1.807, 2.05) is 41.7 Å². The topological polar surface area (TPSA) is 61.8 Å². The van der Waals surface area contributed by atoms with Gasteiger partial charge in [-0.1, -0.05) is 51.1 Å². The third-order valence-corrected chi connectivity index (χ3v) is 14.3. The van der Waals surface area contributed by atoms with E-state index in [0.29, 0.717) is 19.6 Å². The monoisotopic (exact) mass is 498 g/mol. The van der Waals surface area contributed by atoms with Crippen LogP contribution in [0.15, 0.2) is 30.3 Å². The fourth-order valence-corrected chi connectivity index (χ4v) is 10.3. The summed E-state index contributed by atoms with van der Waals surface area (Å²) in [6.07, 6.45) is 0.884. The fraction of sp³-hybridized carbons (Fsp3) is 0.667. The lowest BCUT2D eigenvalue weighted by Gasteiger charge is -2.37. The molecule has 8 heteroatoms. The van der Waals surface area contributed by atoms with Gasteiger partial charge in [-0.15, -0.1) is 23.5 Å². The molecule has 0 aliphatic carbocycles. The summed E-state index contributed by atoms with van der Waals surface area (Å²) in [5.74, 6) is 1.48. The Morgan fingerprint density at radius 3 is 2.25 bits per heavy atom. The van der Waals surface area contributed by atoms with Gasteiger partial charge in [-0.05, 0) is 30.1 Å². The van der Waals surface area contributed by atoms with Crippen LogP contribution in [0.3, 0.4) is 0 Å². The minimum Gasteiger partial charge on any atom is -0.469 e. The van der Waals surface area contributed by atoms with Gasteiger partial charge in [-0.3, -0.25) is 9.59 Å². The second kappa shape index (κ2) is 13.8. The Bertz CT molecular complexity index is 697. The number of ketones is 1. The summed E-state index contributed by atoms with van der Waals surface area (Å²) in [5, 5.41) is 0. The third kappa shape index (κ3) is 8.52. The molecule has 0 unspecified atom stereocenters. The first-order valence-electron chi connectivity index (χ1n) is 11.6. The van der Waals surface area contributed by atoms with Crippen molar-refractivity contribution in [3.63, 3.8) is 0 Å². The summed E-state index contributed by atoms with van der Waals surface area (Å²) in [6, 6.07) is 13.4. The van der Waals surface area contributed by atoms with E-state index in [4.69, 9.17) is 13.9 Å². The molecule has 1 aliphatic rings. The zero-order valence-electron chi connectivity index (χ0n) is 19.9. The van der Waals surface area contributed by atoms with Crippen LogP contribution in [-0.4, -0.2) is 55.5 Å². The van der Waals surface area contributed by atoms with Crippen molar-refractivity contribution < 1.29 is 23.5 Å². The van der Waals surface area contributed by atoms with Crippen molar-refractivity contribution in [2.24, 2.45) is 0 Å². The van der Waals surface area contributed by atoms with Gasteiger partial charge < -0.3 is 13.9 Å². The highest BCUT2D eigenvalue weighted by molar-refractivity contribution is 8.21. The first-order chi connectivity index (χ1) is 15.4. The molecule has 32 heavy (non-hydrogen) atoms. The normalized spacial score (nSPS) is 16.6. The van der Waals surface area contributed by atoms with E-state index >= 15 is 0 Å². The summed E-state index contributed by atoms with van der Waals surface area (Å²) >= 11 is 3.66. The lowest BCUT2D eigenvalue weighted by atomic mass is 10.1. The van der Waals surface area contributed by atoms with Crippen molar-refractivity contribution in [1.29, 1.82) is 0 Å². The number of methoxy groups -OCH3 is 1. The molecule has 1 aliphatic heterocycles. The van der Waals surface area contributed by atoms with Gasteiger partial charge in [-0.25, -0.2) is 0 Å². The molecule has 5 nitrogen and oxygen atoms in total. The van der Waals surface area contributed by atoms with Crippen molar-refractivity contribution in [1.82, 2.24) is 0 Å². The third-order valence-electron chi connectivity index (χ3n) is 6.15. The van der Waals surface area contributed by atoms with Crippen LogP contribution in [0.1, 0.15) is 45.6 Å². The number of carbonyl (C=O) groups excluding carboxylic acids is 2. The van der Waals surface area contributed by atoms with E-state index in [9.17, 15) is 9.59 Å². The zero-order valence-corrected chi connectivity index (χ0v) is 22.5. The molecule has 0 saturated carbocycles. The number of hydrogen-bond acceptors (Lipinski definition) is 7. The van der Waals surface area contributed by atoms with Crippen LogP contribution in [0.4, 0.5) is 0 Å². The van der Waals surface area contributed by atoms with Gasteiger partial charge in [0.25, 0.3) is 0 Å². The maximum atomic E-state index is 12.6. The van der Waals surface area contributed by atoms with Gasteiger partial charge in [0.15, 0.2) is 8.32 Å². The highest BCUT2D eigenvalue weighted by atomic mass is 32.2. The Labute approximate surface area is 202 Å². The number of thioether (sulfide) groups is 2. The summed E-state index contributed by atoms with van der Waals surface area (Å²) < 4.78 is 17.4. The van der Waals surface area contributed by atoms with Crippen LogP contribution in [0.5, 0.6) is 0 Å². The lowest BCUT2D eigenvalue weighted by Crippen LogP contribution is -2.44. The molecular weight excluding hydrogens is 460 g/mol. The van der Waals surface area contributed by atoms with Crippen molar-refractivity contribution in [2.45, 2.75) is 75.0 Å². The van der Waals surface area contributed by atoms with E-state index in [1.54, 1.807) is 0 Å². The van der Waals surface area contributed by atoms with Gasteiger partial charge in [0.05, 0.1) is 30.5 Å². The maximum Gasteiger partial charge on any atom is 0.313 e. The van der Waals surface area contributed by atoms with Gasteiger partial charge in [0.2, 0.25) is 0 Å². The molecule has 1 heterocycles. The van der Waals surface area contributed by atoms with Crippen LogP contribution in [0.2, 0.25) is 18.1 Å². The number of esters is 1. The second-order valence-corrected chi connectivity index (χ2v) is 16.2. The number of rotatable bonds is 15. The molecule has 1 aromatic carbocycles. The molecule has 1 saturated heterocycles. The van der Waals surface area contributed by atoms with Crippen LogP contribution < -0.4 is 0 Å². The van der Waals surface area contributed by atoms with E-state index in [1.165, 1.54) is 7.11 Å². The van der Waals surface area contributed by atoms with Crippen LogP contribution in [0, 0.1) is 0 Å². The molecule has 1 aromatic rings. The molecule has 0 aromatic heterocycles. The molecular formula is C24H38O5S2Si. The first kappa shape index (κ1) is 27.4. The number of carbonyl (C=O) groups is 2. The Morgan fingerprint density at radius 2 is 1.69 bits per heavy atom. The molecule has 0 N–H and O–H groups in total. The van der Waals surface area contributed by atoms with E-state index < -0.39 is 14.3 Å². The molecule has 0 bridgehead atoms. The standard InChI is InChI=1S/C24H38O5S2Si/c1-5-32(6-2,7-3)29-22(19-28-18-20-11-9-8-10-12-20)17-24(30-13-14-31-24)16-21(25)15-23(26)27-4/h8-12,22H,5-7,13-19H2,1-4H3/t22-/m1/s1. The predicted octanol–water partition coefficient (Wildman–Crippen LogP) is 5.68. The van der Waals surface area contributed by atoms with Crippen LogP contribution >= 0.6 is 23.5 Å². The summed E-state index contributed by atoms with van der Waals surface area (Å²) in [7, 11) is -0.522. The lowest BCUT2D eigenvalue weighted by molar-refractivity contribution is -0.143. The molecule has 0 spiro atoms.